The molecule has 3 rings (SSSR count). The molecule has 0 aromatic heterocycles. The highest BCUT2D eigenvalue weighted by Crippen LogP contribution is 2.28. The zero-order valence-corrected chi connectivity index (χ0v) is 13.4. The van der Waals surface area contributed by atoms with E-state index < -0.39 is 10.0 Å². The van der Waals surface area contributed by atoms with E-state index in [2.05, 4.69) is 10.0 Å². The third-order valence-electron chi connectivity index (χ3n) is 4.23. The van der Waals surface area contributed by atoms with E-state index in [9.17, 15) is 8.42 Å². The molecule has 1 aromatic carbocycles. The molecule has 0 bridgehead atoms. The molecule has 0 saturated heterocycles. The second-order valence-corrected chi connectivity index (χ2v) is 7.98. The SMILES string of the molecule is CCc1ccc(CNC2CC2)cc1S(=O)(=O)NCC1CC1. The maximum absolute atomic E-state index is 12.5. The highest BCUT2D eigenvalue weighted by molar-refractivity contribution is 7.89. The summed E-state index contributed by atoms with van der Waals surface area (Å²) >= 11 is 0. The summed E-state index contributed by atoms with van der Waals surface area (Å²) in [6.45, 7) is 3.33. The van der Waals surface area contributed by atoms with E-state index in [1.54, 1.807) is 0 Å². The predicted octanol–water partition coefficient (Wildman–Crippen LogP) is 2.19. The van der Waals surface area contributed by atoms with Gasteiger partial charge < -0.3 is 5.32 Å². The van der Waals surface area contributed by atoms with Crippen molar-refractivity contribution < 1.29 is 8.42 Å². The van der Waals surface area contributed by atoms with Crippen molar-refractivity contribution in [2.24, 2.45) is 5.92 Å². The van der Waals surface area contributed by atoms with Gasteiger partial charge >= 0.3 is 0 Å². The quantitative estimate of drug-likeness (QED) is 0.774. The van der Waals surface area contributed by atoms with Gasteiger partial charge in [-0.05, 0) is 55.2 Å². The lowest BCUT2D eigenvalue weighted by Crippen LogP contribution is -2.27. The molecular formula is C16H24N2O2S. The van der Waals surface area contributed by atoms with Crippen LogP contribution < -0.4 is 10.0 Å². The van der Waals surface area contributed by atoms with Crippen LogP contribution in [-0.4, -0.2) is 21.0 Å². The van der Waals surface area contributed by atoms with Gasteiger partial charge in [-0.15, -0.1) is 0 Å². The fourth-order valence-corrected chi connectivity index (χ4v) is 3.90. The number of benzene rings is 1. The second-order valence-electron chi connectivity index (χ2n) is 6.25. The van der Waals surface area contributed by atoms with Crippen LogP contribution in [0, 0.1) is 5.92 Å². The van der Waals surface area contributed by atoms with E-state index in [0.29, 0.717) is 23.4 Å². The number of hydrogen-bond donors (Lipinski definition) is 2. The van der Waals surface area contributed by atoms with Gasteiger partial charge in [0.05, 0.1) is 4.90 Å². The van der Waals surface area contributed by atoms with E-state index in [0.717, 1.165) is 36.9 Å². The molecule has 2 aliphatic rings. The normalized spacial score (nSPS) is 18.9. The van der Waals surface area contributed by atoms with Gasteiger partial charge in [0.25, 0.3) is 0 Å². The van der Waals surface area contributed by atoms with Gasteiger partial charge in [-0.3, -0.25) is 0 Å². The zero-order valence-electron chi connectivity index (χ0n) is 12.6. The fourth-order valence-electron chi connectivity index (χ4n) is 2.43. The number of aryl methyl sites for hydroxylation is 1. The summed E-state index contributed by atoms with van der Waals surface area (Å²) in [7, 11) is -3.38. The molecule has 5 heteroatoms. The van der Waals surface area contributed by atoms with Crippen molar-refractivity contribution in [1.82, 2.24) is 10.0 Å². The van der Waals surface area contributed by atoms with Gasteiger partial charge in [-0.25, -0.2) is 13.1 Å². The third kappa shape index (κ3) is 4.05. The van der Waals surface area contributed by atoms with Gasteiger partial charge in [0.2, 0.25) is 10.0 Å². The molecule has 116 valence electrons. The maximum atomic E-state index is 12.5. The Morgan fingerprint density at radius 1 is 1.19 bits per heavy atom. The van der Waals surface area contributed by atoms with E-state index in [-0.39, 0.29) is 0 Å². The molecule has 21 heavy (non-hydrogen) atoms. The molecule has 2 aliphatic carbocycles. The van der Waals surface area contributed by atoms with Crippen LogP contribution in [-0.2, 0) is 23.0 Å². The maximum Gasteiger partial charge on any atom is 0.240 e. The van der Waals surface area contributed by atoms with Gasteiger partial charge in [0, 0.05) is 19.1 Å². The lowest BCUT2D eigenvalue weighted by atomic mass is 10.1. The first-order valence-electron chi connectivity index (χ1n) is 7.93. The first-order chi connectivity index (χ1) is 10.1. The Balaban J connectivity index is 1.76. The third-order valence-corrected chi connectivity index (χ3v) is 5.74. The summed E-state index contributed by atoms with van der Waals surface area (Å²) in [4.78, 5) is 0.459. The largest absolute Gasteiger partial charge is 0.310 e. The average molecular weight is 308 g/mol. The average Bonchev–Trinajstić information content (AvgIpc) is 3.37. The summed E-state index contributed by atoms with van der Waals surface area (Å²) in [6, 6.07) is 6.46. The van der Waals surface area contributed by atoms with Crippen molar-refractivity contribution in [2.75, 3.05) is 6.54 Å². The molecule has 0 atom stereocenters. The lowest BCUT2D eigenvalue weighted by molar-refractivity contribution is 0.576. The summed E-state index contributed by atoms with van der Waals surface area (Å²) in [5.41, 5.74) is 1.94. The molecule has 1 aromatic rings. The molecular weight excluding hydrogens is 284 g/mol. The minimum absolute atomic E-state index is 0.459. The van der Waals surface area contributed by atoms with Crippen LogP contribution in [0.25, 0.3) is 0 Å². The Bertz CT molecular complexity index is 605. The van der Waals surface area contributed by atoms with Crippen LogP contribution in [0.5, 0.6) is 0 Å². The number of rotatable bonds is 8. The van der Waals surface area contributed by atoms with Gasteiger partial charge in [0.1, 0.15) is 0 Å². The minimum atomic E-state index is -3.38. The Kier molecular flexibility index (Phi) is 4.33. The summed E-state index contributed by atoms with van der Waals surface area (Å²) in [6.07, 6.45) is 5.50. The Morgan fingerprint density at radius 2 is 1.95 bits per heavy atom. The van der Waals surface area contributed by atoms with E-state index in [4.69, 9.17) is 0 Å². The Labute approximate surface area is 127 Å². The predicted molar refractivity (Wildman–Crippen MR) is 83.6 cm³/mol. The molecule has 4 nitrogen and oxygen atoms in total. The summed E-state index contributed by atoms with van der Waals surface area (Å²) in [5, 5.41) is 3.43. The summed E-state index contributed by atoms with van der Waals surface area (Å²) in [5.74, 6) is 0.546. The molecule has 0 spiro atoms. The molecule has 0 amide bonds. The first-order valence-corrected chi connectivity index (χ1v) is 9.41. The zero-order chi connectivity index (χ0) is 14.9. The van der Waals surface area contributed by atoms with Crippen molar-refractivity contribution >= 4 is 10.0 Å². The monoisotopic (exact) mass is 308 g/mol. The van der Waals surface area contributed by atoms with Crippen LogP contribution in [0.4, 0.5) is 0 Å². The molecule has 0 unspecified atom stereocenters. The van der Waals surface area contributed by atoms with Gasteiger partial charge in [0.15, 0.2) is 0 Å². The molecule has 0 aliphatic heterocycles. The highest BCUT2D eigenvalue weighted by Gasteiger charge is 2.26. The number of hydrogen-bond acceptors (Lipinski definition) is 3. The van der Waals surface area contributed by atoms with Crippen LogP contribution in [0.1, 0.15) is 43.7 Å². The standard InChI is InChI=1S/C16H24N2O2S/c1-2-14-6-5-13(10-17-15-7-8-15)9-16(14)21(19,20)18-11-12-3-4-12/h5-6,9,12,15,17-18H,2-4,7-8,10-11H2,1H3. The van der Waals surface area contributed by atoms with Crippen LogP contribution in [0.2, 0.25) is 0 Å². The van der Waals surface area contributed by atoms with Crippen molar-refractivity contribution in [3.8, 4) is 0 Å². The van der Waals surface area contributed by atoms with E-state index >= 15 is 0 Å². The van der Waals surface area contributed by atoms with Crippen LogP contribution >= 0.6 is 0 Å². The van der Waals surface area contributed by atoms with Crippen molar-refractivity contribution in [3.63, 3.8) is 0 Å². The highest BCUT2D eigenvalue weighted by atomic mass is 32.2. The topological polar surface area (TPSA) is 58.2 Å². The second kappa shape index (κ2) is 6.07. The summed E-state index contributed by atoms with van der Waals surface area (Å²) < 4.78 is 27.8. The van der Waals surface area contributed by atoms with Crippen molar-refractivity contribution in [2.45, 2.75) is 56.5 Å². The van der Waals surface area contributed by atoms with E-state index in [1.165, 1.54) is 12.8 Å². The van der Waals surface area contributed by atoms with Crippen LogP contribution in [0.15, 0.2) is 23.1 Å². The smallest absolute Gasteiger partial charge is 0.240 e. The van der Waals surface area contributed by atoms with Gasteiger partial charge in [-0.2, -0.15) is 0 Å². The lowest BCUT2D eigenvalue weighted by Gasteiger charge is -2.13. The Hall–Kier alpha value is -0.910. The molecule has 0 radical (unpaired) electrons. The Morgan fingerprint density at radius 3 is 2.57 bits per heavy atom. The first kappa shape index (κ1) is 15.0. The van der Waals surface area contributed by atoms with Gasteiger partial charge in [-0.1, -0.05) is 19.1 Å². The molecule has 2 N–H and O–H groups in total. The van der Waals surface area contributed by atoms with E-state index in [1.807, 2.05) is 25.1 Å². The number of nitrogens with one attached hydrogen (secondary N) is 2. The van der Waals surface area contributed by atoms with Crippen LogP contribution in [0.3, 0.4) is 0 Å². The van der Waals surface area contributed by atoms with Crippen molar-refractivity contribution in [1.29, 1.82) is 0 Å². The molecule has 2 fully saturated rings. The fraction of sp³-hybridized carbons (Fsp3) is 0.625. The molecule has 0 heterocycles. The molecule has 2 saturated carbocycles. The number of sulfonamides is 1. The van der Waals surface area contributed by atoms with Crippen molar-refractivity contribution in [3.05, 3.63) is 29.3 Å². The minimum Gasteiger partial charge on any atom is -0.310 e.